The lowest BCUT2D eigenvalue weighted by molar-refractivity contribution is 0.604. The SMILES string of the molecule is CC(N)/C=C/CS(C)(=O)=O. The van der Waals surface area contributed by atoms with Crippen molar-refractivity contribution in [1.29, 1.82) is 0 Å². The van der Waals surface area contributed by atoms with E-state index in [9.17, 15) is 8.42 Å². The van der Waals surface area contributed by atoms with Crippen LogP contribution in [0.3, 0.4) is 0 Å². The Bertz CT molecular complexity index is 204. The third kappa shape index (κ3) is 7.65. The molecular formula is C6H13NO2S. The Kier molecular flexibility index (Phi) is 3.60. The second kappa shape index (κ2) is 3.73. The molecular weight excluding hydrogens is 150 g/mol. The van der Waals surface area contributed by atoms with Gasteiger partial charge in [-0.25, -0.2) is 8.42 Å². The first kappa shape index (κ1) is 9.65. The van der Waals surface area contributed by atoms with E-state index in [0.717, 1.165) is 0 Å². The van der Waals surface area contributed by atoms with E-state index in [0.29, 0.717) is 0 Å². The average molecular weight is 163 g/mol. The molecule has 0 radical (unpaired) electrons. The summed E-state index contributed by atoms with van der Waals surface area (Å²) >= 11 is 0. The Hall–Kier alpha value is -0.350. The minimum Gasteiger partial charge on any atom is -0.325 e. The van der Waals surface area contributed by atoms with Crippen molar-refractivity contribution >= 4 is 9.84 Å². The van der Waals surface area contributed by atoms with Gasteiger partial charge in [0.2, 0.25) is 0 Å². The maximum absolute atomic E-state index is 10.5. The highest BCUT2D eigenvalue weighted by Crippen LogP contribution is 1.85. The molecule has 0 bridgehead atoms. The maximum Gasteiger partial charge on any atom is 0.150 e. The molecule has 0 rings (SSSR count). The Balaban J connectivity index is 3.77. The van der Waals surface area contributed by atoms with Gasteiger partial charge in [-0.15, -0.1) is 0 Å². The highest BCUT2D eigenvalue weighted by molar-refractivity contribution is 7.90. The molecule has 0 aliphatic heterocycles. The first-order chi connectivity index (χ1) is 4.42. The van der Waals surface area contributed by atoms with Crippen molar-refractivity contribution in [3.63, 3.8) is 0 Å². The molecule has 0 aromatic heterocycles. The van der Waals surface area contributed by atoms with E-state index in [4.69, 9.17) is 5.73 Å². The Labute approximate surface area is 61.8 Å². The van der Waals surface area contributed by atoms with Crippen LogP contribution < -0.4 is 5.73 Å². The van der Waals surface area contributed by atoms with Crippen molar-refractivity contribution < 1.29 is 8.42 Å². The summed E-state index contributed by atoms with van der Waals surface area (Å²) < 4.78 is 21.0. The van der Waals surface area contributed by atoms with Crippen molar-refractivity contribution in [2.75, 3.05) is 12.0 Å². The molecule has 0 fully saturated rings. The summed E-state index contributed by atoms with van der Waals surface area (Å²) in [5, 5.41) is 0. The molecule has 0 saturated carbocycles. The van der Waals surface area contributed by atoms with Gasteiger partial charge in [-0.05, 0) is 6.92 Å². The number of hydrogen-bond donors (Lipinski definition) is 1. The molecule has 0 aromatic carbocycles. The number of sulfone groups is 1. The van der Waals surface area contributed by atoms with Crippen molar-refractivity contribution in [2.45, 2.75) is 13.0 Å². The maximum atomic E-state index is 10.5. The number of rotatable bonds is 3. The molecule has 0 heterocycles. The molecule has 0 saturated heterocycles. The zero-order valence-corrected chi connectivity index (χ0v) is 7.06. The molecule has 60 valence electrons. The zero-order chi connectivity index (χ0) is 8.20. The molecule has 0 aromatic rings. The van der Waals surface area contributed by atoms with Crippen molar-refractivity contribution in [3.8, 4) is 0 Å². The van der Waals surface area contributed by atoms with Gasteiger partial charge in [-0.3, -0.25) is 0 Å². The van der Waals surface area contributed by atoms with Gasteiger partial charge < -0.3 is 5.73 Å². The Morgan fingerprint density at radius 3 is 2.40 bits per heavy atom. The largest absolute Gasteiger partial charge is 0.325 e. The summed E-state index contributed by atoms with van der Waals surface area (Å²) in [6.07, 6.45) is 4.43. The smallest absolute Gasteiger partial charge is 0.150 e. The average Bonchev–Trinajstić information content (AvgIpc) is 1.59. The minimum absolute atomic E-state index is 0.0678. The van der Waals surface area contributed by atoms with Gasteiger partial charge in [-0.1, -0.05) is 12.2 Å². The Morgan fingerprint density at radius 1 is 1.60 bits per heavy atom. The molecule has 0 aliphatic carbocycles. The zero-order valence-electron chi connectivity index (χ0n) is 6.24. The number of nitrogens with two attached hydrogens (primary N) is 1. The van der Waals surface area contributed by atoms with Gasteiger partial charge in [0.25, 0.3) is 0 Å². The molecule has 1 atom stereocenters. The lowest BCUT2D eigenvalue weighted by Gasteiger charge is -1.93. The molecule has 4 heteroatoms. The minimum atomic E-state index is -2.86. The van der Waals surface area contributed by atoms with Gasteiger partial charge in [0.1, 0.15) is 0 Å². The molecule has 1 unspecified atom stereocenters. The summed E-state index contributed by atoms with van der Waals surface area (Å²) in [6, 6.07) is -0.0678. The van der Waals surface area contributed by atoms with E-state index in [1.54, 1.807) is 19.1 Å². The molecule has 0 amide bonds. The highest BCUT2D eigenvalue weighted by atomic mass is 32.2. The van der Waals surface area contributed by atoms with Crippen LogP contribution in [0.4, 0.5) is 0 Å². The Morgan fingerprint density at radius 2 is 2.10 bits per heavy atom. The normalized spacial score (nSPS) is 15.9. The lowest BCUT2D eigenvalue weighted by Crippen LogP contribution is -2.11. The van der Waals surface area contributed by atoms with Crippen LogP contribution in [0.25, 0.3) is 0 Å². The van der Waals surface area contributed by atoms with E-state index in [-0.39, 0.29) is 11.8 Å². The van der Waals surface area contributed by atoms with Crippen LogP contribution in [0.2, 0.25) is 0 Å². The van der Waals surface area contributed by atoms with Crippen molar-refractivity contribution in [3.05, 3.63) is 12.2 Å². The van der Waals surface area contributed by atoms with Crippen molar-refractivity contribution in [2.24, 2.45) is 5.73 Å². The number of hydrogen-bond acceptors (Lipinski definition) is 3. The van der Waals surface area contributed by atoms with E-state index >= 15 is 0 Å². The quantitative estimate of drug-likeness (QED) is 0.593. The van der Waals surface area contributed by atoms with Crippen LogP contribution in [0, 0.1) is 0 Å². The van der Waals surface area contributed by atoms with Gasteiger partial charge in [-0.2, -0.15) is 0 Å². The monoisotopic (exact) mass is 163 g/mol. The van der Waals surface area contributed by atoms with Crippen LogP contribution in [0.15, 0.2) is 12.2 Å². The van der Waals surface area contributed by atoms with Crippen LogP contribution in [0.1, 0.15) is 6.92 Å². The molecule has 10 heavy (non-hydrogen) atoms. The summed E-state index contributed by atoms with van der Waals surface area (Å²) in [5.41, 5.74) is 5.34. The van der Waals surface area contributed by atoms with E-state index in [2.05, 4.69) is 0 Å². The third-order valence-corrected chi connectivity index (χ3v) is 1.64. The summed E-state index contributed by atoms with van der Waals surface area (Å²) in [4.78, 5) is 0. The van der Waals surface area contributed by atoms with Crippen LogP contribution in [-0.4, -0.2) is 26.5 Å². The second-order valence-corrected chi connectivity index (χ2v) is 4.56. The fourth-order valence-corrected chi connectivity index (χ4v) is 0.906. The second-order valence-electron chi connectivity index (χ2n) is 2.38. The fraction of sp³-hybridized carbons (Fsp3) is 0.667. The first-order valence-corrected chi connectivity index (χ1v) is 5.08. The standard InChI is InChI=1S/C6H13NO2S/c1-6(7)4-3-5-10(2,8)9/h3-4,6H,5,7H2,1-2H3/b4-3+. The fourth-order valence-electron chi connectivity index (χ4n) is 0.445. The van der Waals surface area contributed by atoms with Crippen LogP contribution >= 0.6 is 0 Å². The third-order valence-electron chi connectivity index (χ3n) is 0.839. The summed E-state index contributed by atoms with van der Waals surface area (Å²) in [6.45, 7) is 1.79. The lowest BCUT2D eigenvalue weighted by atomic mass is 10.3. The van der Waals surface area contributed by atoms with E-state index < -0.39 is 9.84 Å². The molecule has 2 N–H and O–H groups in total. The van der Waals surface area contributed by atoms with Crippen LogP contribution in [-0.2, 0) is 9.84 Å². The summed E-state index contributed by atoms with van der Waals surface area (Å²) in [7, 11) is -2.86. The molecule has 0 spiro atoms. The van der Waals surface area contributed by atoms with Gasteiger partial charge >= 0.3 is 0 Å². The predicted octanol–water partition coefficient (Wildman–Crippen LogP) is -0.0656. The van der Waals surface area contributed by atoms with E-state index in [1.807, 2.05) is 0 Å². The molecule has 3 nitrogen and oxygen atoms in total. The van der Waals surface area contributed by atoms with Gasteiger partial charge in [0, 0.05) is 12.3 Å². The van der Waals surface area contributed by atoms with Gasteiger partial charge in [0.05, 0.1) is 5.75 Å². The first-order valence-electron chi connectivity index (χ1n) is 3.02. The predicted molar refractivity (Wildman–Crippen MR) is 42.5 cm³/mol. The summed E-state index contributed by atoms with van der Waals surface area (Å²) in [5.74, 6) is 0.0779. The van der Waals surface area contributed by atoms with Crippen LogP contribution in [0.5, 0.6) is 0 Å². The van der Waals surface area contributed by atoms with Gasteiger partial charge in [0.15, 0.2) is 9.84 Å². The molecule has 0 aliphatic rings. The highest BCUT2D eigenvalue weighted by Gasteiger charge is 1.95. The van der Waals surface area contributed by atoms with E-state index in [1.165, 1.54) is 6.26 Å². The van der Waals surface area contributed by atoms with Crippen molar-refractivity contribution in [1.82, 2.24) is 0 Å². The topological polar surface area (TPSA) is 60.2 Å².